The Morgan fingerprint density at radius 3 is 1.65 bits per heavy atom. The van der Waals surface area contributed by atoms with E-state index in [0.717, 1.165) is 0 Å². The van der Waals surface area contributed by atoms with E-state index in [1.54, 1.807) is 40.4 Å². The summed E-state index contributed by atoms with van der Waals surface area (Å²) < 4.78 is 48.9. The number of methoxy groups -OCH3 is 4. The third-order valence-corrected chi connectivity index (χ3v) is 10.6. The molecular weight excluding hydrogens is 914 g/mol. The Hall–Kier alpha value is -6.22. The fourth-order valence-corrected chi connectivity index (χ4v) is 6.73. The summed E-state index contributed by atoms with van der Waals surface area (Å²) in [4.78, 5) is 67.2. The lowest BCUT2D eigenvalue weighted by molar-refractivity contribution is -0.138. The molecule has 2 amide bonds. The summed E-state index contributed by atoms with van der Waals surface area (Å²) in [7, 11) is 8.90. The average Bonchev–Trinajstić information content (AvgIpc) is 3.73. The van der Waals surface area contributed by atoms with E-state index in [9.17, 15) is 38.2 Å². The summed E-state index contributed by atoms with van der Waals surface area (Å²) in [6, 6.07) is 8.58. The predicted molar refractivity (Wildman–Crippen MR) is 236 cm³/mol. The first kappa shape index (κ1) is 51.4. The van der Waals surface area contributed by atoms with Crippen molar-refractivity contribution in [1.82, 2.24) is 29.7 Å². The Bertz CT molecular complexity index is 2490. The quantitative estimate of drug-likeness (QED) is 0.116. The van der Waals surface area contributed by atoms with Crippen molar-refractivity contribution in [3.05, 3.63) is 93.2 Å². The third kappa shape index (κ3) is 13.2. The molecule has 0 spiro atoms. The molecule has 2 aromatic heterocycles. The minimum Gasteiger partial charge on any atom is -0.464 e. The fraction of sp³-hybridized carbons (Fsp3) is 0.391. The average molecular weight is 964 g/mol. The Morgan fingerprint density at radius 2 is 1.23 bits per heavy atom. The first-order chi connectivity index (χ1) is 30.9. The summed E-state index contributed by atoms with van der Waals surface area (Å²) in [5.74, 6) is 4.31. The van der Waals surface area contributed by atoms with Crippen molar-refractivity contribution in [3.8, 4) is 46.7 Å². The first-order valence-corrected chi connectivity index (χ1v) is 20.8. The molecule has 0 saturated carbocycles. The van der Waals surface area contributed by atoms with Crippen LogP contribution in [-0.4, -0.2) is 144 Å². The van der Waals surface area contributed by atoms with E-state index in [4.69, 9.17) is 25.4 Å². The monoisotopic (exact) mass is 962 g/mol. The van der Waals surface area contributed by atoms with Crippen molar-refractivity contribution in [2.75, 3.05) is 68.8 Å². The summed E-state index contributed by atoms with van der Waals surface area (Å²) in [5, 5.41) is 19.8. The topological polar surface area (TPSA) is 204 Å². The summed E-state index contributed by atoms with van der Waals surface area (Å²) >= 11 is 3.29. The van der Waals surface area contributed by atoms with Crippen LogP contribution in [0.15, 0.2) is 53.3 Å². The number of aromatic nitrogens is 4. The van der Waals surface area contributed by atoms with E-state index in [0.29, 0.717) is 79.8 Å². The number of carbonyl (C=O) groups excluding carboxylic acids is 4. The molecule has 2 aromatic carbocycles. The van der Waals surface area contributed by atoms with Gasteiger partial charge in [-0.05, 0) is 62.1 Å². The molecule has 19 heteroatoms. The molecule has 2 atom stereocenters. The van der Waals surface area contributed by atoms with Gasteiger partial charge in [-0.1, -0.05) is 33.7 Å². The second kappa shape index (κ2) is 23.6. The number of ether oxygens (including phenoxy) is 4. The maximum Gasteiger partial charge on any atom is 0.358 e. The SMILES string of the molecule is C#C[C@]1(O)CCN(C)C1=O.COCCCc1ncc(-c2cc(Br)ccc2F)nc1C(=O)OC.COCCCc1ncc(-c2cc(C#C[C@]3(O)CCN(C)C3=O)ccc2F)nc1C(=O)OC. The van der Waals surface area contributed by atoms with Crippen molar-refractivity contribution < 1.29 is 57.1 Å². The molecule has 4 aromatic rings. The van der Waals surface area contributed by atoms with Gasteiger partial charge >= 0.3 is 11.9 Å². The zero-order valence-corrected chi connectivity index (χ0v) is 38.3. The van der Waals surface area contributed by atoms with Gasteiger partial charge in [-0.15, -0.1) is 6.42 Å². The number of likely N-dealkylation sites (N-methyl/N-ethyl adjacent to an activating group) is 2. The first-order valence-electron chi connectivity index (χ1n) is 20.0. The number of aliphatic hydroxyl groups is 2. The summed E-state index contributed by atoms with van der Waals surface area (Å²) in [6.07, 6.45) is 10.6. The van der Waals surface area contributed by atoms with E-state index >= 15 is 0 Å². The minimum absolute atomic E-state index is 0.00545. The molecule has 6 rings (SSSR count). The fourth-order valence-electron chi connectivity index (χ4n) is 6.37. The van der Waals surface area contributed by atoms with Gasteiger partial charge in [0.15, 0.2) is 11.4 Å². The standard InChI is InChI=1S/C23H24FN3O5.C16H16BrFN2O3.C7H9NO2/c1-27-11-10-23(30,22(27)29)9-8-15-6-7-17(24)16(13-15)19-14-25-18(5-4-12-31-2)20(26-19)21(28)32-3;1-22-7-3-4-13-15(16(21)23-2)20-14(9-19-13)11-8-10(17)5-6-12(11)18;1-3-7(10)4-5-8(2)6(7)9/h6-7,13-14,30H,4-5,10-12H2,1-3H3;5-6,8-9H,3-4,7H2,1-2H3;1,10H,4-5H2,2H3/t23-;;7-/m0.0/s1. The summed E-state index contributed by atoms with van der Waals surface area (Å²) in [5.41, 5.74) is -1.10. The Balaban J connectivity index is 0.000000243. The Labute approximate surface area is 383 Å². The molecule has 2 N–H and O–H groups in total. The van der Waals surface area contributed by atoms with Crippen LogP contribution in [0, 0.1) is 35.8 Å². The summed E-state index contributed by atoms with van der Waals surface area (Å²) in [6.45, 7) is 1.98. The number of esters is 2. The number of hydrogen-bond acceptors (Lipinski definition) is 14. The molecule has 2 aliphatic heterocycles. The number of carbonyl (C=O) groups is 4. The predicted octanol–water partition coefficient (Wildman–Crippen LogP) is 4.22. The number of aryl methyl sites for hydroxylation is 2. The smallest absolute Gasteiger partial charge is 0.358 e. The number of rotatable bonds is 12. The molecule has 2 fully saturated rings. The van der Waals surface area contributed by atoms with Crippen LogP contribution in [0.5, 0.6) is 0 Å². The van der Waals surface area contributed by atoms with Crippen molar-refractivity contribution in [3.63, 3.8) is 0 Å². The molecule has 0 unspecified atom stereocenters. The highest BCUT2D eigenvalue weighted by Crippen LogP contribution is 2.27. The van der Waals surface area contributed by atoms with Gasteiger partial charge in [-0.3, -0.25) is 19.6 Å². The van der Waals surface area contributed by atoms with Gasteiger partial charge < -0.3 is 39.0 Å². The van der Waals surface area contributed by atoms with Crippen molar-refractivity contribution in [2.24, 2.45) is 0 Å². The molecule has 344 valence electrons. The van der Waals surface area contributed by atoms with Crippen LogP contribution < -0.4 is 0 Å². The van der Waals surface area contributed by atoms with E-state index in [2.05, 4.69) is 53.6 Å². The van der Waals surface area contributed by atoms with Gasteiger partial charge in [-0.25, -0.2) is 28.3 Å². The number of terminal acetylenes is 1. The number of halogens is 3. The normalized spacial score (nSPS) is 17.5. The maximum absolute atomic E-state index is 14.6. The van der Waals surface area contributed by atoms with Crippen LogP contribution in [0.1, 0.15) is 63.6 Å². The number of benzene rings is 2. The third-order valence-electron chi connectivity index (χ3n) is 10.1. The highest BCUT2D eigenvalue weighted by molar-refractivity contribution is 9.10. The highest BCUT2D eigenvalue weighted by atomic mass is 79.9. The largest absolute Gasteiger partial charge is 0.464 e. The van der Waals surface area contributed by atoms with Crippen LogP contribution in [0.4, 0.5) is 8.78 Å². The van der Waals surface area contributed by atoms with Crippen molar-refractivity contribution in [1.29, 1.82) is 0 Å². The highest BCUT2D eigenvalue weighted by Gasteiger charge is 2.43. The lowest BCUT2D eigenvalue weighted by Gasteiger charge is -2.13. The van der Waals surface area contributed by atoms with E-state index in [1.165, 1.54) is 60.7 Å². The van der Waals surface area contributed by atoms with E-state index < -0.39 is 40.7 Å². The molecule has 0 radical (unpaired) electrons. The molecule has 0 bridgehead atoms. The molecule has 65 heavy (non-hydrogen) atoms. The van der Waals surface area contributed by atoms with Crippen LogP contribution in [0.25, 0.3) is 22.5 Å². The second-order valence-corrected chi connectivity index (χ2v) is 15.6. The van der Waals surface area contributed by atoms with Crippen molar-refractivity contribution in [2.45, 2.75) is 49.7 Å². The Morgan fingerprint density at radius 1 is 0.769 bits per heavy atom. The zero-order chi connectivity index (χ0) is 47.9. The van der Waals surface area contributed by atoms with Gasteiger partial charge in [0.05, 0.1) is 49.4 Å². The van der Waals surface area contributed by atoms with Gasteiger partial charge in [-0.2, -0.15) is 0 Å². The van der Waals surface area contributed by atoms with Gasteiger partial charge in [0, 0.05) is 88.6 Å². The maximum atomic E-state index is 14.6. The van der Waals surface area contributed by atoms with Crippen LogP contribution in [0.3, 0.4) is 0 Å². The Kier molecular flexibility index (Phi) is 18.7. The molecule has 2 aliphatic rings. The van der Waals surface area contributed by atoms with Crippen LogP contribution in [0.2, 0.25) is 0 Å². The second-order valence-electron chi connectivity index (χ2n) is 14.7. The lowest BCUT2D eigenvalue weighted by atomic mass is 10.0. The molecule has 4 heterocycles. The number of nitrogens with zero attached hydrogens (tertiary/aromatic N) is 6. The molecule has 0 aliphatic carbocycles. The number of likely N-dealkylation sites (tertiary alicyclic amines) is 2. The molecular formula is C46H49BrF2N6O10. The number of amides is 2. The van der Waals surface area contributed by atoms with Crippen LogP contribution >= 0.6 is 15.9 Å². The lowest BCUT2D eigenvalue weighted by Crippen LogP contribution is -2.37. The minimum atomic E-state index is -1.76. The number of hydrogen-bond donors (Lipinski definition) is 2. The van der Waals surface area contributed by atoms with Gasteiger partial charge in [0.25, 0.3) is 11.8 Å². The van der Waals surface area contributed by atoms with E-state index in [-0.39, 0.29) is 46.2 Å². The van der Waals surface area contributed by atoms with Crippen LogP contribution in [-0.2, 0) is 41.4 Å². The van der Waals surface area contributed by atoms with Gasteiger partial charge in [0.1, 0.15) is 11.6 Å². The zero-order valence-electron chi connectivity index (χ0n) is 36.7. The van der Waals surface area contributed by atoms with Crippen molar-refractivity contribution >= 4 is 39.7 Å². The van der Waals surface area contributed by atoms with Gasteiger partial charge in [0.2, 0.25) is 11.2 Å². The van der Waals surface area contributed by atoms with E-state index in [1.807, 2.05) is 0 Å². The molecule has 16 nitrogen and oxygen atoms in total. The molecule has 2 saturated heterocycles.